The van der Waals surface area contributed by atoms with E-state index in [1.807, 2.05) is 32.0 Å². The second kappa shape index (κ2) is 5.73. The molecule has 0 spiro atoms. The largest absolute Gasteiger partial charge is 0.494 e. The van der Waals surface area contributed by atoms with E-state index < -0.39 is 6.10 Å². The topological polar surface area (TPSA) is 55.5 Å². The van der Waals surface area contributed by atoms with Crippen LogP contribution in [-0.4, -0.2) is 18.3 Å². The molecule has 0 unspecified atom stereocenters. The molecule has 15 heavy (non-hydrogen) atoms. The normalized spacial score (nSPS) is 12.5. The van der Waals surface area contributed by atoms with Gasteiger partial charge in [0, 0.05) is 0 Å². The van der Waals surface area contributed by atoms with Gasteiger partial charge >= 0.3 is 0 Å². The Morgan fingerprint density at radius 2 is 2.20 bits per heavy atom. The van der Waals surface area contributed by atoms with Crippen molar-refractivity contribution in [3.8, 4) is 5.75 Å². The van der Waals surface area contributed by atoms with Crippen LogP contribution in [0.5, 0.6) is 5.75 Å². The van der Waals surface area contributed by atoms with Gasteiger partial charge in [0.25, 0.3) is 0 Å². The number of rotatable bonds is 5. The number of aryl methyl sites for hydroxylation is 1. The molecule has 1 aromatic carbocycles. The maximum Gasteiger partial charge on any atom is 0.119 e. The fraction of sp³-hybridized carbons (Fsp3) is 0.500. The maximum atomic E-state index is 9.80. The van der Waals surface area contributed by atoms with Crippen LogP contribution < -0.4 is 10.5 Å². The van der Waals surface area contributed by atoms with Crippen molar-refractivity contribution >= 4 is 0 Å². The lowest BCUT2D eigenvalue weighted by Gasteiger charge is -2.14. The van der Waals surface area contributed by atoms with E-state index in [-0.39, 0.29) is 0 Å². The summed E-state index contributed by atoms with van der Waals surface area (Å²) in [6, 6.07) is 5.73. The molecule has 0 aliphatic heterocycles. The number of benzene rings is 1. The van der Waals surface area contributed by atoms with E-state index in [4.69, 9.17) is 10.5 Å². The zero-order valence-corrected chi connectivity index (χ0v) is 9.36. The van der Waals surface area contributed by atoms with Gasteiger partial charge in [-0.25, -0.2) is 0 Å². The molecule has 0 saturated heterocycles. The standard InChI is InChI=1S/C12H19NO2/c1-3-15-10-4-5-11(9(2)8-10)12(14)6-7-13/h4-5,8,12,14H,3,6-7,13H2,1-2H3/t12-/m1/s1. The molecule has 0 amide bonds. The number of ether oxygens (including phenoxy) is 1. The predicted octanol–water partition coefficient (Wildman–Crippen LogP) is 1.78. The summed E-state index contributed by atoms with van der Waals surface area (Å²) in [5.41, 5.74) is 7.39. The molecule has 1 atom stereocenters. The van der Waals surface area contributed by atoms with Crippen molar-refractivity contribution in [3.05, 3.63) is 29.3 Å². The molecule has 0 fully saturated rings. The Bertz CT molecular complexity index is 312. The van der Waals surface area contributed by atoms with Gasteiger partial charge in [-0.05, 0) is 50.1 Å². The molecule has 0 aliphatic rings. The van der Waals surface area contributed by atoms with Gasteiger partial charge < -0.3 is 15.6 Å². The van der Waals surface area contributed by atoms with Crippen LogP contribution in [0.25, 0.3) is 0 Å². The van der Waals surface area contributed by atoms with Gasteiger partial charge in [0.2, 0.25) is 0 Å². The molecule has 0 aliphatic carbocycles. The first-order valence-corrected chi connectivity index (χ1v) is 5.30. The van der Waals surface area contributed by atoms with Gasteiger partial charge in [0.15, 0.2) is 0 Å². The van der Waals surface area contributed by atoms with Crippen LogP contribution >= 0.6 is 0 Å². The lowest BCUT2D eigenvalue weighted by molar-refractivity contribution is 0.169. The lowest BCUT2D eigenvalue weighted by Crippen LogP contribution is -2.08. The Hall–Kier alpha value is -1.06. The molecule has 0 saturated carbocycles. The molecular formula is C12H19NO2. The van der Waals surface area contributed by atoms with Crippen LogP contribution in [0.1, 0.15) is 30.6 Å². The van der Waals surface area contributed by atoms with Crippen molar-refractivity contribution in [3.63, 3.8) is 0 Å². The molecule has 3 N–H and O–H groups in total. The van der Waals surface area contributed by atoms with Crippen LogP contribution in [-0.2, 0) is 0 Å². The highest BCUT2D eigenvalue weighted by Gasteiger charge is 2.09. The number of aliphatic hydroxyl groups excluding tert-OH is 1. The summed E-state index contributed by atoms with van der Waals surface area (Å²) in [6.45, 7) is 5.07. The first-order chi connectivity index (χ1) is 7.19. The molecule has 84 valence electrons. The third-order valence-corrected chi connectivity index (χ3v) is 2.35. The van der Waals surface area contributed by atoms with Crippen molar-refractivity contribution in [2.45, 2.75) is 26.4 Å². The van der Waals surface area contributed by atoms with Crippen molar-refractivity contribution in [2.24, 2.45) is 5.73 Å². The highest BCUT2D eigenvalue weighted by Crippen LogP contribution is 2.24. The van der Waals surface area contributed by atoms with Gasteiger partial charge in [-0.2, -0.15) is 0 Å². The minimum Gasteiger partial charge on any atom is -0.494 e. The van der Waals surface area contributed by atoms with E-state index in [2.05, 4.69) is 0 Å². The van der Waals surface area contributed by atoms with Gasteiger partial charge in [0.1, 0.15) is 5.75 Å². The van der Waals surface area contributed by atoms with Gasteiger partial charge in [-0.1, -0.05) is 6.07 Å². The number of hydrogen-bond acceptors (Lipinski definition) is 3. The predicted molar refractivity (Wildman–Crippen MR) is 61.0 cm³/mol. The van der Waals surface area contributed by atoms with Crippen LogP contribution in [0, 0.1) is 6.92 Å². The number of nitrogens with two attached hydrogens (primary N) is 1. The van der Waals surface area contributed by atoms with Crippen molar-refractivity contribution in [1.82, 2.24) is 0 Å². The van der Waals surface area contributed by atoms with E-state index in [1.165, 1.54) is 0 Å². The lowest BCUT2D eigenvalue weighted by atomic mass is 10.0. The van der Waals surface area contributed by atoms with Gasteiger partial charge in [0.05, 0.1) is 12.7 Å². The van der Waals surface area contributed by atoms with E-state index in [0.29, 0.717) is 19.6 Å². The minimum atomic E-state index is -0.467. The SMILES string of the molecule is CCOc1ccc([C@H](O)CCN)c(C)c1. The fourth-order valence-corrected chi connectivity index (χ4v) is 1.59. The summed E-state index contributed by atoms with van der Waals surface area (Å²) >= 11 is 0. The third-order valence-electron chi connectivity index (χ3n) is 2.35. The van der Waals surface area contributed by atoms with Crippen LogP contribution in [0.2, 0.25) is 0 Å². The molecular weight excluding hydrogens is 190 g/mol. The van der Waals surface area contributed by atoms with Crippen LogP contribution in [0.3, 0.4) is 0 Å². The molecule has 0 bridgehead atoms. The second-order valence-corrected chi connectivity index (χ2v) is 3.54. The van der Waals surface area contributed by atoms with E-state index >= 15 is 0 Å². The first kappa shape index (κ1) is 12.0. The molecule has 3 heteroatoms. The van der Waals surface area contributed by atoms with E-state index in [9.17, 15) is 5.11 Å². The fourth-order valence-electron chi connectivity index (χ4n) is 1.59. The van der Waals surface area contributed by atoms with Crippen molar-refractivity contribution in [1.29, 1.82) is 0 Å². The molecule has 3 nitrogen and oxygen atoms in total. The van der Waals surface area contributed by atoms with E-state index in [1.54, 1.807) is 0 Å². The van der Waals surface area contributed by atoms with Gasteiger partial charge in [-0.3, -0.25) is 0 Å². The minimum absolute atomic E-state index is 0.467. The number of aliphatic hydroxyl groups is 1. The Morgan fingerprint density at radius 1 is 1.47 bits per heavy atom. The monoisotopic (exact) mass is 209 g/mol. The summed E-state index contributed by atoms with van der Waals surface area (Å²) in [5.74, 6) is 0.846. The quantitative estimate of drug-likeness (QED) is 0.777. The average molecular weight is 209 g/mol. The summed E-state index contributed by atoms with van der Waals surface area (Å²) in [5, 5.41) is 9.80. The summed E-state index contributed by atoms with van der Waals surface area (Å²) in [7, 11) is 0. The van der Waals surface area contributed by atoms with Crippen molar-refractivity contribution < 1.29 is 9.84 Å². The molecule has 0 radical (unpaired) electrons. The third kappa shape index (κ3) is 3.22. The van der Waals surface area contributed by atoms with Crippen LogP contribution in [0.4, 0.5) is 0 Å². The Morgan fingerprint density at radius 3 is 2.73 bits per heavy atom. The number of hydrogen-bond donors (Lipinski definition) is 2. The first-order valence-electron chi connectivity index (χ1n) is 5.30. The van der Waals surface area contributed by atoms with E-state index in [0.717, 1.165) is 16.9 Å². The van der Waals surface area contributed by atoms with Crippen molar-refractivity contribution in [2.75, 3.05) is 13.2 Å². The molecule has 1 aromatic rings. The Balaban J connectivity index is 2.82. The summed E-state index contributed by atoms with van der Waals surface area (Å²) < 4.78 is 5.38. The zero-order valence-electron chi connectivity index (χ0n) is 9.36. The summed E-state index contributed by atoms with van der Waals surface area (Å²) in [6.07, 6.45) is 0.125. The summed E-state index contributed by atoms with van der Waals surface area (Å²) in [4.78, 5) is 0. The highest BCUT2D eigenvalue weighted by molar-refractivity contribution is 5.36. The Labute approximate surface area is 90.9 Å². The second-order valence-electron chi connectivity index (χ2n) is 3.54. The molecule has 0 heterocycles. The highest BCUT2D eigenvalue weighted by atomic mass is 16.5. The molecule has 1 rings (SSSR count). The van der Waals surface area contributed by atoms with Gasteiger partial charge in [-0.15, -0.1) is 0 Å². The molecule has 0 aromatic heterocycles. The average Bonchev–Trinajstić information content (AvgIpc) is 2.18. The van der Waals surface area contributed by atoms with Crippen LogP contribution in [0.15, 0.2) is 18.2 Å². The maximum absolute atomic E-state index is 9.80. The smallest absolute Gasteiger partial charge is 0.119 e. The Kier molecular flexibility index (Phi) is 4.59. The zero-order chi connectivity index (χ0) is 11.3.